The van der Waals surface area contributed by atoms with Crippen LogP contribution in [0.1, 0.15) is 25.7 Å². The molecule has 21 heavy (non-hydrogen) atoms. The summed E-state index contributed by atoms with van der Waals surface area (Å²) in [6.45, 7) is 1.75. The van der Waals surface area contributed by atoms with Crippen molar-refractivity contribution in [3.63, 3.8) is 0 Å². The van der Waals surface area contributed by atoms with Crippen LogP contribution in [-0.4, -0.2) is 31.8 Å². The number of benzene rings is 1. The van der Waals surface area contributed by atoms with Gasteiger partial charge in [-0.05, 0) is 37.5 Å². The fourth-order valence-electron chi connectivity index (χ4n) is 2.16. The van der Waals surface area contributed by atoms with Crippen molar-refractivity contribution < 1.29 is 14.3 Å². The maximum Gasteiger partial charge on any atom is 0.226 e. The Bertz CT molecular complexity index is 476. The molecule has 1 saturated heterocycles. The van der Waals surface area contributed by atoms with Crippen LogP contribution in [0.25, 0.3) is 0 Å². The number of hydrogen-bond donors (Lipinski definition) is 2. The summed E-state index contributed by atoms with van der Waals surface area (Å²) < 4.78 is 11.0. The predicted molar refractivity (Wildman–Crippen MR) is 83.5 cm³/mol. The summed E-state index contributed by atoms with van der Waals surface area (Å²) in [5.74, 6) is -0.110. The molecule has 1 unspecified atom stereocenters. The first-order valence-corrected chi connectivity index (χ1v) is 7.57. The molecular weight excluding hydrogens is 292 g/mol. The molecule has 1 heterocycles. The SMILES string of the molecule is Nc1cc(NC(=O)CCOCC2CCCCO2)ccc1Cl. The summed E-state index contributed by atoms with van der Waals surface area (Å²) in [5, 5.41) is 3.24. The van der Waals surface area contributed by atoms with Crippen LogP contribution in [0, 0.1) is 0 Å². The molecule has 116 valence electrons. The molecule has 0 aromatic heterocycles. The lowest BCUT2D eigenvalue weighted by Crippen LogP contribution is -2.25. The zero-order chi connectivity index (χ0) is 15.1. The van der Waals surface area contributed by atoms with E-state index in [2.05, 4.69) is 5.32 Å². The van der Waals surface area contributed by atoms with Crippen molar-refractivity contribution in [1.82, 2.24) is 0 Å². The van der Waals surface area contributed by atoms with Gasteiger partial charge >= 0.3 is 0 Å². The van der Waals surface area contributed by atoms with E-state index in [4.69, 9.17) is 26.8 Å². The van der Waals surface area contributed by atoms with Crippen LogP contribution >= 0.6 is 11.6 Å². The van der Waals surface area contributed by atoms with Crippen molar-refractivity contribution in [3.8, 4) is 0 Å². The van der Waals surface area contributed by atoms with Crippen molar-refractivity contribution in [2.45, 2.75) is 31.8 Å². The first-order valence-electron chi connectivity index (χ1n) is 7.19. The lowest BCUT2D eigenvalue weighted by atomic mass is 10.1. The summed E-state index contributed by atoms with van der Waals surface area (Å²) >= 11 is 5.82. The average Bonchev–Trinajstić information content (AvgIpc) is 2.49. The van der Waals surface area contributed by atoms with Crippen molar-refractivity contribution in [2.24, 2.45) is 0 Å². The zero-order valence-electron chi connectivity index (χ0n) is 11.9. The van der Waals surface area contributed by atoms with E-state index in [1.165, 1.54) is 6.42 Å². The topological polar surface area (TPSA) is 73.6 Å². The number of nitrogens with one attached hydrogen (secondary N) is 1. The first-order chi connectivity index (χ1) is 10.1. The number of anilines is 2. The quantitative estimate of drug-likeness (QED) is 0.626. The van der Waals surface area contributed by atoms with E-state index in [-0.39, 0.29) is 12.0 Å². The molecule has 1 aliphatic rings. The molecule has 0 radical (unpaired) electrons. The third kappa shape index (κ3) is 5.53. The number of nitrogen functional groups attached to an aromatic ring is 1. The molecule has 0 aliphatic carbocycles. The molecule has 1 amide bonds. The summed E-state index contributed by atoms with van der Waals surface area (Å²) in [5.41, 5.74) is 6.76. The molecule has 1 atom stereocenters. The second-order valence-corrected chi connectivity index (χ2v) is 5.51. The van der Waals surface area contributed by atoms with E-state index in [0.717, 1.165) is 19.4 Å². The van der Waals surface area contributed by atoms with Gasteiger partial charge in [-0.2, -0.15) is 0 Å². The van der Waals surface area contributed by atoms with Crippen LogP contribution < -0.4 is 11.1 Å². The highest BCUT2D eigenvalue weighted by Gasteiger charge is 2.13. The minimum Gasteiger partial charge on any atom is -0.397 e. The van der Waals surface area contributed by atoms with Gasteiger partial charge in [-0.1, -0.05) is 11.6 Å². The summed E-state index contributed by atoms with van der Waals surface area (Å²) in [6, 6.07) is 5.01. The van der Waals surface area contributed by atoms with Gasteiger partial charge in [-0.25, -0.2) is 0 Å². The highest BCUT2D eigenvalue weighted by molar-refractivity contribution is 6.33. The van der Waals surface area contributed by atoms with E-state index in [9.17, 15) is 4.79 Å². The lowest BCUT2D eigenvalue weighted by molar-refractivity contribution is -0.117. The van der Waals surface area contributed by atoms with E-state index in [0.29, 0.717) is 36.0 Å². The molecule has 0 spiro atoms. The van der Waals surface area contributed by atoms with Gasteiger partial charge in [0.05, 0.1) is 36.4 Å². The molecule has 3 N–H and O–H groups in total. The number of carbonyl (C=O) groups excluding carboxylic acids is 1. The number of nitrogens with two attached hydrogens (primary N) is 1. The number of ether oxygens (including phenoxy) is 2. The van der Waals surface area contributed by atoms with Crippen LogP contribution in [0.3, 0.4) is 0 Å². The number of hydrogen-bond acceptors (Lipinski definition) is 4. The number of amides is 1. The number of carbonyl (C=O) groups is 1. The van der Waals surface area contributed by atoms with Gasteiger partial charge in [0, 0.05) is 12.3 Å². The molecule has 2 rings (SSSR count). The van der Waals surface area contributed by atoms with Crippen molar-refractivity contribution in [1.29, 1.82) is 0 Å². The molecule has 0 saturated carbocycles. The van der Waals surface area contributed by atoms with Gasteiger partial charge < -0.3 is 20.5 Å². The molecule has 0 bridgehead atoms. The summed E-state index contributed by atoms with van der Waals surface area (Å²) in [6.07, 6.45) is 3.83. The third-order valence-corrected chi connectivity index (χ3v) is 3.68. The Hall–Kier alpha value is -1.30. The van der Waals surface area contributed by atoms with Gasteiger partial charge in [0.25, 0.3) is 0 Å². The Labute approximate surface area is 129 Å². The molecule has 1 aromatic rings. The summed E-state index contributed by atoms with van der Waals surface area (Å²) in [7, 11) is 0. The van der Waals surface area contributed by atoms with Crippen LogP contribution in [0.5, 0.6) is 0 Å². The monoisotopic (exact) mass is 312 g/mol. The zero-order valence-corrected chi connectivity index (χ0v) is 12.7. The van der Waals surface area contributed by atoms with Crippen molar-refractivity contribution in [3.05, 3.63) is 23.2 Å². The highest BCUT2D eigenvalue weighted by atomic mass is 35.5. The van der Waals surface area contributed by atoms with Gasteiger partial charge in [0.2, 0.25) is 5.91 Å². The van der Waals surface area contributed by atoms with Gasteiger partial charge in [0.1, 0.15) is 0 Å². The van der Waals surface area contributed by atoms with E-state index in [1.54, 1.807) is 18.2 Å². The van der Waals surface area contributed by atoms with Crippen molar-refractivity contribution in [2.75, 3.05) is 30.9 Å². The predicted octanol–water partition coefficient (Wildman–Crippen LogP) is 2.84. The molecule has 1 fully saturated rings. The Morgan fingerprint density at radius 2 is 2.33 bits per heavy atom. The van der Waals surface area contributed by atoms with E-state index >= 15 is 0 Å². The molecular formula is C15H21ClN2O3. The molecule has 1 aromatic carbocycles. The first kappa shape index (κ1) is 16.1. The maximum absolute atomic E-state index is 11.8. The third-order valence-electron chi connectivity index (χ3n) is 3.33. The smallest absolute Gasteiger partial charge is 0.226 e. The largest absolute Gasteiger partial charge is 0.397 e. The Balaban J connectivity index is 1.63. The minimum atomic E-state index is -0.110. The van der Waals surface area contributed by atoms with Crippen LogP contribution in [-0.2, 0) is 14.3 Å². The lowest BCUT2D eigenvalue weighted by Gasteiger charge is -2.22. The Kier molecular flexibility index (Phi) is 6.29. The fourth-order valence-corrected chi connectivity index (χ4v) is 2.28. The van der Waals surface area contributed by atoms with Gasteiger partial charge in [0.15, 0.2) is 0 Å². The fraction of sp³-hybridized carbons (Fsp3) is 0.533. The number of halogens is 1. The van der Waals surface area contributed by atoms with E-state index in [1.807, 2.05) is 0 Å². The average molecular weight is 313 g/mol. The standard InChI is InChI=1S/C15H21ClN2O3/c16-13-5-4-11(9-14(13)17)18-15(19)6-8-20-10-12-3-1-2-7-21-12/h4-5,9,12H,1-3,6-8,10,17H2,(H,18,19). The Morgan fingerprint density at radius 1 is 1.48 bits per heavy atom. The molecule has 1 aliphatic heterocycles. The van der Waals surface area contributed by atoms with Gasteiger partial charge in [-0.3, -0.25) is 4.79 Å². The van der Waals surface area contributed by atoms with E-state index < -0.39 is 0 Å². The second kappa shape index (κ2) is 8.22. The Morgan fingerprint density at radius 3 is 3.05 bits per heavy atom. The highest BCUT2D eigenvalue weighted by Crippen LogP contribution is 2.22. The normalized spacial score (nSPS) is 18.4. The van der Waals surface area contributed by atoms with Crippen LogP contribution in [0.2, 0.25) is 5.02 Å². The number of rotatable bonds is 6. The molecule has 5 nitrogen and oxygen atoms in total. The maximum atomic E-state index is 11.8. The van der Waals surface area contributed by atoms with Gasteiger partial charge in [-0.15, -0.1) is 0 Å². The summed E-state index contributed by atoms with van der Waals surface area (Å²) in [4.78, 5) is 11.8. The minimum absolute atomic E-state index is 0.110. The van der Waals surface area contributed by atoms with Crippen LogP contribution in [0.15, 0.2) is 18.2 Å². The van der Waals surface area contributed by atoms with Crippen molar-refractivity contribution >= 4 is 28.9 Å². The van der Waals surface area contributed by atoms with Crippen LogP contribution in [0.4, 0.5) is 11.4 Å². The second-order valence-electron chi connectivity index (χ2n) is 5.10. The molecule has 6 heteroatoms.